The summed E-state index contributed by atoms with van der Waals surface area (Å²) in [4.78, 5) is 0. The Hall–Kier alpha value is -1.28. The van der Waals surface area contributed by atoms with Crippen molar-refractivity contribution in [3.8, 4) is 5.75 Å². The second kappa shape index (κ2) is 14.7. The van der Waals surface area contributed by atoms with E-state index in [9.17, 15) is 0 Å². The first kappa shape index (κ1) is 22.0. The molecule has 0 radical (unpaired) electrons. The number of ether oxygens (including phenoxy) is 2. The fraction of sp³-hybridized carbons (Fsp3) is 0.680. The molecule has 1 heterocycles. The summed E-state index contributed by atoms with van der Waals surface area (Å²) in [5.41, 5.74) is 1.23. The Morgan fingerprint density at radius 2 is 1.56 bits per heavy atom. The molecule has 1 aromatic carbocycles. The second-order valence-corrected chi connectivity index (χ2v) is 7.92. The summed E-state index contributed by atoms with van der Waals surface area (Å²) < 4.78 is 10.9. The Labute approximate surface area is 167 Å². The van der Waals surface area contributed by atoms with E-state index < -0.39 is 0 Å². The molecule has 27 heavy (non-hydrogen) atoms. The fourth-order valence-electron chi connectivity index (χ4n) is 3.38. The van der Waals surface area contributed by atoms with Crippen molar-refractivity contribution in [3.05, 3.63) is 35.9 Å². The van der Waals surface area contributed by atoms with Crippen molar-refractivity contribution in [1.82, 2.24) is 0 Å². The predicted octanol–water partition coefficient (Wildman–Crippen LogP) is 7.57. The van der Waals surface area contributed by atoms with Crippen molar-refractivity contribution in [2.24, 2.45) is 0 Å². The molecule has 0 amide bonds. The molecule has 1 aliphatic heterocycles. The van der Waals surface area contributed by atoms with Crippen LogP contribution in [0.1, 0.15) is 96.0 Å². The number of rotatable bonds is 17. The number of epoxide rings is 1. The molecule has 2 rings (SSSR count). The second-order valence-electron chi connectivity index (χ2n) is 7.92. The zero-order valence-corrected chi connectivity index (χ0v) is 17.5. The summed E-state index contributed by atoms with van der Waals surface area (Å²) >= 11 is 0. The third-order valence-corrected chi connectivity index (χ3v) is 5.23. The first-order valence-corrected chi connectivity index (χ1v) is 11.4. The monoisotopic (exact) mass is 372 g/mol. The minimum absolute atomic E-state index is 0.315. The minimum atomic E-state index is 0.315. The molecule has 1 fully saturated rings. The Morgan fingerprint density at radius 3 is 2.19 bits per heavy atom. The molecule has 0 aliphatic carbocycles. The van der Waals surface area contributed by atoms with Gasteiger partial charge in [0, 0.05) is 0 Å². The minimum Gasteiger partial charge on any atom is -0.491 e. The van der Waals surface area contributed by atoms with Gasteiger partial charge in [-0.15, -0.1) is 0 Å². The van der Waals surface area contributed by atoms with Gasteiger partial charge in [-0.1, -0.05) is 102 Å². The molecule has 1 atom stereocenters. The lowest BCUT2D eigenvalue weighted by molar-refractivity contribution is 0.263. The van der Waals surface area contributed by atoms with Crippen molar-refractivity contribution in [2.75, 3.05) is 13.2 Å². The molecule has 0 spiro atoms. The van der Waals surface area contributed by atoms with E-state index in [0.717, 1.165) is 12.4 Å². The van der Waals surface area contributed by atoms with E-state index >= 15 is 0 Å². The lowest BCUT2D eigenvalue weighted by Crippen LogP contribution is -2.03. The molecule has 0 bridgehead atoms. The molecule has 2 nitrogen and oxygen atoms in total. The number of benzene rings is 1. The maximum Gasteiger partial charge on any atom is 0.120 e. The quantitative estimate of drug-likeness (QED) is 0.208. The number of unbranched alkanes of at least 4 members (excludes halogenated alkanes) is 12. The first-order chi connectivity index (χ1) is 13.4. The Balaban J connectivity index is 1.41. The lowest BCUT2D eigenvalue weighted by atomic mass is 10.0. The Bertz CT molecular complexity index is 505. The molecule has 1 saturated heterocycles. The van der Waals surface area contributed by atoms with Crippen LogP contribution in [0.5, 0.6) is 5.75 Å². The average molecular weight is 373 g/mol. The number of hydrogen-bond acceptors (Lipinski definition) is 2. The first-order valence-electron chi connectivity index (χ1n) is 11.4. The summed E-state index contributed by atoms with van der Waals surface area (Å²) in [6.07, 6.45) is 22.9. The van der Waals surface area contributed by atoms with Gasteiger partial charge in [0.2, 0.25) is 0 Å². The van der Waals surface area contributed by atoms with Crippen LogP contribution < -0.4 is 4.74 Å². The van der Waals surface area contributed by atoms with Crippen molar-refractivity contribution in [1.29, 1.82) is 0 Å². The zero-order valence-electron chi connectivity index (χ0n) is 17.5. The molecule has 2 heteroatoms. The third kappa shape index (κ3) is 11.9. The Morgan fingerprint density at radius 1 is 0.926 bits per heavy atom. The highest BCUT2D eigenvalue weighted by Gasteiger charge is 2.22. The maximum absolute atomic E-state index is 5.74. The fourth-order valence-corrected chi connectivity index (χ4v) is 3.38. The van der Waals surface area contributed by atoms with Gasteiger partial charge < -0.3 is 9.47 Å². The van der Waals surface area contributed by atoms with Crippen LogP contribution in [0, 0.1) is 0 Å². The van der Waals surface area contributed by atoms with Crippen molar-refractivity contribution in [2.45, 2.75) is 96.5 Å². The smallest absolute Gasteiger partial charge is 0.120 e. The molecule has 1 aliphatic rings. The standard InChI is InChI=1S/C25H40O2/c1-2-3-4-5-6-7-8-9-10-11-12-13-14-15-17-23-18-16-19-24(20-23)26-21-25-22-27-25/h15-20,25H,2-14,21-22H2,1H3/b17-15+. The third-order valence-electron chi connectivity index (χ3n) is 5.23. The van der Waals surface area contributed by atoms with Crippen LogP contribution in [0.3, 0.4) is 0 Å². The van der Waals surface area contributed by atoms with E-state index in [0.29, 0.717) is 12.7 Å². The van der Waals surface area contributed by atoms with E-state index in [-0.39, 0.29) is 0 Å². The lowest BCUT2D eigenvalue weighted by Gasteiger charge is -2.04. The van der Waals surface area contributed by atoms with Crippen LogP contribution in [0.2, 0.25) is 0 Å². The molecule has 0 N–H and O–H groups in total. The van der Waals surface area contributed by atoms with E-state index in [2.05, 4.69) is 37.3 Å². The summed E-state index contributed by atoms with van der Waals surface area (Å²) in [5, 5.41) is 0. The topological polar surface area (TPSA) is 21.8 Å². The van der Waals surface area contributed by atoms with Gasteiger partial charge in [0.25, 0.3) is 0 Å². The molecule has 1 unspecified atom stereocenters. The molecule has 0 saturated carbocycles. The van der Waals surface area contributed by atoms with Crippen LogP contribution in [-0.2, 0) is 4.74 Å². The highest BCUT2D eigenvalue weighted by atomic mass is 16.6. The van der Waals surface area contributed by atoms with Gasteiger partial charge in [-0.25, -0.2) is 0 Å². The number of hydrogen-bond donors (Lipinski definition) is 0. The van der Waals surface area contributed by atoms with Crippen molar-refractivity contribution in [3.63, 3.8) is 0 Å². The largest absolute Gasteiger partial charge is 0.491 e. The maximum atomic E-state index is 5.74. The zero-order chi connectivity index (χ0) is 19.0. The highest BCUT2D eigenvalue weighted by molar-refractivity contribution is 5.51. The SMILES string of the molecule is CCCCCCCCCCCCCC/C=C/c1cccc(OCC2CO2)c1. The van der Waals surface area contributed by atoms with E-state index in [1.165, 1.54) is 89.0 Å². The van der Waals surface area contributed by atoms with Crippen molar-refractivity contribution >= 4 is 6.08 Å². The van der Waals surface area contributed by atoms with Crippen LogP contribution in [0.15, 0.2) is 30.3 Å². The average Bonchev–Trinajstić information content (AvgIpc) is 3.51. The molecular formula is C25H40O2. The van der Waals surface area contributed by atoms with Crippen LogP contribution in [0.25, 0.3) is 6.08 Å². The van der Waals surface area contributed by atoms with E-state index in [1.54, 1.807) is 0 Å². The summed E-state index contributed by atoms with van der Waals surface area (Å²) in [6, 6.07) is 8.33. The highest BCUT2D eigenvalue weighted by Crippen LogP contribution is 2.18. The van der Waals surface area contributed by atoms with Gasteiger partial charge in [0.15, 0.2) is 0 Å². The van der Waals surface area contributed by atoms with Gasteiger partial charge in [0.05, 0.1) is 6.61 Å². The summed E-state index contributed by atoms with van der Waals surface area (Å²) in [6.45, 7) is 3.81. The van der Waals surface area contributed by atoms with Gasteiger partial charge in [0.1, 0.15) is 18.5 Å². The summed E-state index contributed by atoms with van der Waals surface area (Å²) in [5.74, 6) is 0.943. The Kier molecular flexibility index (Phi) is 12.0. The number of allylic oxidation sites excluding steroid dienone is 1. The van der Waals surface area contributed by atoms with Gasteiger partial charge >= 0.3 is 0 Å². The predicted molar refractivity (Wildman–Crippen MR) is 116 cm³/mol. The van der Waals surface area contributed by atoms with Crippen LogP contribution >= 0.6 is 0 Å². The van der Waals surface area contributed by atoms with Crippen LogP contribution in [-0.4, -0.2) is 19.3 Å². The molecule has 0 aromatic heterocycles. The van der Waals surface area contributed by atoms with Crippen molar-refractivity contribution < 1.29 is 9.47 Å². The summed E-state index contributed by atoms with van der Waals surface area (Å²) in [7, 11) is 0. The van der Waals surface area contributed by atoms with E-state index in [1.807, 2.05) is 6.07 Å². The van der Waals surface area contributed by atoms with E-state index in [4.69, 9.17) is 9.47 Å². The molecule has 1 aromatic rings. The molecular weight excluding hydrogens is 332 g/mol. The van der Waals surface area contributed by atoms with Gasteiger partial charge in [-0.2, -0.15) is 0 Å². The van der Waals surface area contributed by atoms with Gasteiger partial charge in [-0.05, 0) is 30.5 Å². The normalized spacial score (nSPS) is 16.1. The van der Waals surface area contributed by atoms with Crippen LogP contribution in [0.4, 0.5) is 0 Å². The van der Waals surface area contributed by atoms with Gasteiger partial charge in [-0.3, -0.25) is 0 Å². The molecule has 152 valence electrons.